The maximum atomic E-state index is 12.7. The molecule has 21 heavy (non-hydrogen) atoms. The van der Waals surface area contributed by atoms with Gasteiger partial charge in [0.15, 0.2) is 9.84 Å². The first-order valence-electron chi connectivity index (χ1n) is 6.32. The summed E-state index contributed by atoms with van der Waals surface area (Å²) in [6.45, 7) is -0.0157. The van der Waals surface area contributed by atoms with Crippen molar-refractivity contribution in [1.82, 2.24) is 0 Å². The highest BCUT2D eigenvalue weighted by atomic mass is 35.5. The predicted molar refractivity (Wildman–Crippen MR) is 83.4 cm³/mol. The van der Waals surface area contributed by atoms with Gasteiger partial charge in [-0.2, -0.15) is 0 Å². The number of hydrogen-bond acceptors (Lipinski definition) is 4. The Morgan fingerprint density at radius 3 is 2.43 bits per heavy atom. The average Bonchev–Trinajstić information content (AvgIpc) is 2.48. The number of ether oxygens (including phenoxy) is 1. The van der Waals surface area contributed by atoms with Crippen LogP contribution in [0.4, 0.5) is 0 Å². The van der Waals surface area contributed by atoms with E-state index < -0.39 is 15.1 Å². The lowest BCUT2D eigenvalue weighted by molar-refractivity contribution is 0.414. The topological polar surface area (TPSA) is 69.4 Å². The first-order chi connectivity index (χ1) is 9.98. The predicted octanol–water partition coefficient (Wildman–Crippen LogP) is 2.82. The Morgan fingerprint density at radius 2 is 1.86 bits per heavy atom. The van der Waals surface area contributed by atoms with Gasteiger partial charge in [0.05, 0.1) is 12.0 Å². The molecule has 0 amide bonds. The lowest BCUT2D eigenvalue weighted by atomic mass is 10.1. The highest BCUT2D eigenvalue weighted by Crippen LogP contribution is 2.30. The van der Waals surface area contributed by atoms with Crippen molar-refractivity contribution in [2.45, 2.75) is 10.1 Å². The number of nitrogens with two attached hydrogens (primary N) is 1. The zero-order chi connectivity index (χ0) is 15.5. The molecule has 0 saturated heterocycles. The minimum atomic E-state index is -3.59. The quantitative estimate of drug-likeness (QED) is 0.917. The number of hydrogen-bond donors (Lipinski definition) is 1. The zero-order valence-electron chi connectivity index (χ0n) is 11.5. The summed E-state index contributed by atoms with van der Waals surface area (Å²) in [6, 6.07) is 13.0. The van der Waals surface area contributed by atoms with E-state index in [-0.39, 0.29) is 11.4 Å². The van der Waals surface area contributed by atoms with E-state index in [0.29, 0.717) is 16.3 Å². The smallest absolute Gasteiger partial charge is 0.186 e. The standard InChI is InChI=1S/C15H16ClNO3S/c1-20-13-4-2-3-11(9-13)15(10-17)21(18,19)14-7-5-12(16)6-8-14/h2-9,15H,10,17H2,1H3/t15-/m1/s1. The molecular weight excluding hydrogens is 310 g/mol. The van der Waals surface area contributed by atoms with Crippen molar-refractivity contribution in [3.63, 3.8) is 0 Å². The third-order valence-corrected chi connectivity index (χ3v) is 5.59. The molecular formula is C15H16ClNO3S. The maximum absolute atomic E-state index is 12.7. The van der Waals surface area contributed by atoms with E-state index in [1.54, 1.807) is 36.4 Å². The Morgan fingerprint density at radius 1 is 1.19 bits per heavy atom. The molecule has 0 aliphatic rings. The number of benzene rings is 2. The van der Waals surface area contributed by atoms with Crippen LogP contribution in [0, 0.1) is 0 Å². The number of methoxy groups -OCH3 is 1. The molecule has 0 fully saturated rings. The molecule has 2 N–H and O–H groups in total. The summed E-state index contributed by atoms with van der Waals surface area (Å²) in [6.07, 6.45) is 0. The number of sulfone groups is 1. The van der Waals surface area contributed by atoms with Crippen molar-refractivity contribution < 1.29 is 13.2 Å². The molecule has 0 bridgehead atoms. The van der Waals surface area contributed by atoms with Crippen molar-refractivity contribution in [2.24, 2.45) is 5.73 Å². The monoisotopic (exact) mass is 325 g/mol. The molecule has 0 saturated carbocycles. The molecule has 2 rings (SSSR count). The number of halogens is 1. The second-order valence-electron chi connectivity index (χ2n) is 4.50. The minimum Gasteiger partial charge on any atom is -0.497 e. The average molecular weight is 326 g/mol. The second kappa shape index (κ2) is 6.47. The molecule has 0 heterocycles. The van der Waals surface area contributed by atoms with Crippen molar-refractivity contribution in [1.29, 1.82) is 0 Å². The molecule has 1 atom stereocenters. The molecule has 0 unspecified atom stereocenters. The summed E-state index contributed by atoms with van der Waals surface area (Å²) in [5.41, 5.74) is 6.31. The van der Waals surface area contributed by atoms with Gasteiger partial charge in [-0.05, 0) is 42.0 Å². The largest absolute Gasteiger partial charge is 0.497 e. The van der Waals surface area contributed by atoms with Gasteiger partial charge in [0, 0.05) is 11.6 Å². The van der Waals surface area contributed by atoms with Crippen LogP contribution >= 0.6 is 11.6 Å². The van der Waals surface area contributed by atoms with Gasteiger partial charge in [0.25, 0.3) is 0 Å². The Kier molecular flexibility index (Phi) is 4.88. The van der Waals surface area contributed by atoms with Crippen LogP contribution in [-0.4, -0.2) is 22.1 Å². The Labute approximate surface area is 129 Å². The van der Waals surface area contributed by atoms with Gasteiger partial charge in [-0.25, -0.2) is 8.42 Å². The molecule has 0 radical (unpaired) electrons. The third kappa shape index (κ3) is 3.37. The van der Waals surface area contributed by atoms with Gasteiger partial charge in [0.2, 0.25) is 0 Å². The minimum absolute atomic E-state index is 0.0157. The van der Waals surface area contributed by atoms with Crippen molar-refractivity contribution in [2.75, 3.05) is 13.7 Å². The van der Waals surface area contributed by atoms with Gasteiger partial charge < -0.3 is 10.5 Å². The molecule has 0 aliphatic carbocycles. The summed E-state index contributed by atoms with van der Waals surface area (Å²) in [7, 11) is -2.05. The molecule has 6 heteroatoms. The Hall–Kier alpha value is -1.56. The van der Waals surface area contributed by atoms with Crippen LogP contribution in [0.3, 0.4) is 0 Å². The van der Waals surface area contributed by atoms with E-state index in [2.05, 4.69) is 0 Å². The van der Waals surface area contributed by atoms with Crippen LogP contribution in [0.1, 0.15) is 10.8 Å². The van der Waals surface area contributed by atoms with Gasteiger partial charge in [-0.15, -0.1) is 0 Å². The van der Waals surface area contributed by atoms with Crippen molar-refractivity contribution in [3.05, 3.63) is 59.1 Å². The van der Waals surface area contributed by atoms with Gasteiger partial charge in [0.1, 0.15) is 11.0 Å². The molecule has 112 valence electrons. The van der Waals surface area contributed by atoms with E-state index in [4.69, 9.17) is 22.1 Å². The molecule has 0 spiro atoms. The fraction of sp³-hybridized carbons (Fsp3) is 0.200. The highest BCUT2D eigenvalue weighted by molar-refractivity contribution is 7.91. The van der Waals surface area contributed by atoms with E-state index in [9.17, 15) is 8.42 Å². The van der Waals surface area contributed by atoms with Crippen LogP contribution in [0.2, 0.25) is 5.02 Å². The van der Waals surface area contributed by atoms with Crippen LogP contribution in [0.5, 0.6) is 5.75 Å². The molecule has 0 aromatic heterocycles. The first-order valence-corrected chi connectivity index (χ1v) is 8.25. The van der Waals surface area contributed by atoms with Crippen molar-refractivity contribution >= 4 is 21.4 Å². The van der Waals surface area contributed by atoms with E-state index in [1.807, 2.05) is 0 Å². The van der Waals surface area contributed by atoms with Gasteiger partial charge >= 0.3 is 0 Å². The summed E-state index contributed by atoms with van der Waals surface area (Å²) in [5, 5.41) is -0.339. The maximum Gasteiger partial charge on any atom is 0.186 e. The van der Waals surface area contributed by atoms with Crippen molar-refractivity contribution in [3.8, 4) is 5.75 Å². The summed E-state index contributed by atoms with van der Waals surface area (Å²) < 4.78 is 30.6. The molecule has 2 aromatic rings. The molecule has 2 aromatic carbocycles. The summed E-state index contributed by atoms with van der Waals surface area (Å²) >= 11 is 5.80. The van der Waals surface area contributed by atoms with E-state index in [1.165, 1.54) is 19.2 Å². The highest BCUT2D eigenvalue weighted by Gasteiger charge is 2.28. The van der Waals surface area contributed by atoms with Crippen LogP contribution in [0.15, 0.2) is 53.4 Å². The molecule has 4 nitrogen and oxygen atoms in total. The van der Waals surface area contributed by atoms with Gasteiger partial charge in [-0.1, -0.05) is 23.7 Å². The van der Waals surface area contributed by atoms with E-state index >= 15 is 0 Å². The van der Waals surface area contributed by atoms with Gasteiger partial charge in [-0.3, -0.25) is 0 Å². The summed E-state index contributed by atoms with van der Waals surface area (Å²) in [5.74, 6) is 0.595. The Balaban J connectivity index is 2.46. The zero-order valence-corrected chi connectivity index (χ0v) is 13.1. The SMILES string of the molecule is COc1cccc([C@@H](CN)S(=O)(=O)c2ccc(Cl)cc2)c1. The van der Waals surface area contributed by atoms with Crippen LogP contribution in [0.25, 0.3) is 0 Å². The first kappa shape index (κ1) is 15.8. The second-order valence-corrected chi connectivity index (χ2v) is 7.07. The molecule has 0 aliphatic heterocycles. The summed E-state index contributed by atoms with van der Waals surface area (Å²) in [4.78, 5) is 0.199. The third-order valence-electron chi connectivity index (χ3n) is 3.20. The fourth-order valence-corrected chi connectivity index (χ4v) is 3.80. The normalized spacial score (nSPS) is 12.9. The van der Waals surface area contributed by atoms with Crippen LogP contribution in [-0.2, 0) is 9.84 Å². The lowest BCUT2D eigenvalue weighted by Crippen LogP contribution is -2.22. The van der Waals surface area contributed by atoms with Crippen LogP contribution < -0.4 is 10.5 Å². The lowest BCUT2D eigenvalue weighted by Gasteiger charge is -2.17. The fourth-order valence-electron chi connectivity index (χ4n) is 2.07. The number of rotatable bonds is 5. The van der Waals surface area contributed by atoms with E-state index in [0.717, 1.165) is 0 Å². The Bertz CT molecular complexity index is 714.